The van der Waals surface area contributed by atoms with Gasteiger partial charge in [-0.25, -0.2) is 59.8 Å². The maximum atomic E-state index is 14.2. The molecule has 24 heteroatoms. The Bertz CT molecular complexity index is 5210. The van der Waals surface area contributed by atoms with E-state index in [1.54, 1.807) is 0 Å². The fourth-order valence-electron chi connectivity index (χ4n) is 14.6. The van der Waals surface area contributed by atoms with Crippen molar-refractivity contribution in [2.45, 2.75) is 69.0 Å². The summed E-state index contributed by atoms with van der Waals surface area (Å²) in [5.41, 5.74) is 19.1. The number of hydrogen-bond donors (Lipinski definition) is 0. The normalized spacial score (nSPS) is 17.3. The predicted octanol–water partition coefficient (Wildman–Crippen LogP) is 18.1. The highest BCUT2D eigenvalue weighted by Crippen LogP contribution is 2.34. The highest BCUT2D eigenvalue weighted by Gasteiger charge is 2.22. The molecule has 0 amide bonds. The van der Waals surface area contributed by atoms with Crippen LogP contribution in [0.3, 0.4) is 0 Å². The molecule has 40 aliphatic heterocycles. The van der Waals surface area contributed by atoms with Gasteiger partial charge in [-0.3, -0.25) is 25.3 Å². The molecule has 0 saturated heterocycles. The molecule has 18 nitrogen and oxygen atoms in total. The average Bonchev–Trinajstić information content (AvgIpc) is 0.808. The third-order valence-electron chi connectivity index (χ3n) is 21.0. The third kappa shape index (κ3) is 18.2. The standard InChI is InChI=1S/C96H72N12O6S6/c109-115-49-61-1-25-73(26-2-61)85-97-86-74-29-5-63(6-30-74)51-116(110)53-65-13-37-79(38-14-65)91-103-93-81-41-17-69(18-42-81)57-118(112)55-67-9-33-77(34-10-67)89-100-88(76-27-3-62(50-115)4-28-76)101-90(102-89)78-35-11-68(12-36-78)56-119(113)58-70-19-43-82(44-20-70)94-104-92(80-39-15-66(16-40-80)54-117(111)52-64-7-31-75(32-8-64)87(98-85)99-86)106-96(108-94)84-47-23-72(24-48-84)60-120(114)59-71-21-45-83(46-22-71)95(105-91)107-93/h1-48H,49-60H2. The van der Waals surface area contributed by atoms with Gasteiger partial charge in [-0.05, 0) is 66.8 Å². The molecular formula is C96H72N12O6S6. The van der Waals surface area contributed by atoms with Crippen molar-refractivity contribution in [3.05, 3.63) is 358 Å². The van der Waals surface area contributed by atoms with Crippen molar-refractivity contribution in [1.29, 1.82) is 0 Å². The lowest BCUT2D eigenvalue weighted by Gasteiger charge is -2.11. The Morgan fingerprint density at radius 1 is 0.117 bits per heavy atom. The zero-order valence-corrected chi connectivity index (χ0v) is 69.4. The summed E-state index contributed by atoms with van der Waals surface area (Å²) in [7, 11) is -7.85. The fraction of sp³-hybridized carbons (Fsp3) is 0.125. The van der Waals surface area contributed by atoms with Crippen LogP contribution < -0.4 is 0 Å². The van der Waals surface area contributed by atoms with Crippen LogP contribution in [0.4, 0.5) is 0 Å². The van der Waals surface area contributed by atoms with Gasteiger partial charge >= 0.3 is 0 Å². The van der Waals surface area contributed by atoms with E-state index < -0.39 is 64.8 Å². The van der Waals surface area contributed by atoms with Crippen LogP contribution in [0.2, 0.25) is 0 Å². The van der Waals surface area contributed by atoms with Gasteiger partial charge in [-0.15, -0.1) is 0 Å². The largest absolute Gasteiger partial charge is 0.259 e. The Morgan fingerprint density at radius 2 is 0.183 bits per heavy atom. The molecule has 16 aromatic rings. The maximum Gasteiger partial charge on any atom is 0.164 e. The van der Waals surface area contributed by atoms with E-state index in [1.807, 2.05) is 291 Å². The van der Waals surface area contributed by atoms with Crippen molar-refractivity contribution >= 4 is 64.8 Å². The maximum absolute atomic E-state index is 14.2. The van der Waals surface area contributed by atoms with Crippen LogP contribution in [-0.4, -0.2) is 85.1 Å². The molecule has 0 atom stereocenters. The van der Waals surface area contributed by atoms with E-state index in [4.69, 9.17) is 59.8 Å². The molecular weight excluding hydrogens is 1610 g/mol. The monoisotopic (exact) mass is 1680 g/mol. The molecule has 0 aliphatic carbocycles. The van der Waals surface area contributed by atoms with E-state index in [2.05, 4.69) is 0 Å². The minimum absolute atomic E-state index is 0.292. The van der Waals surface area contributed by atoms with Gasteiger partial charge in [-0.1, -0.05) is 291 Å². The highest BCUT2D eigenvalue weighted by atomic mass is 32.2. The number of hydrogen-bond acceptors (Lipinski definition) is 18. The van der Waals surface area contributed by atoms with E-state index in [0.717, 1.165) is 134 Å². The molecule has 40 aliphatic rings. The van der Waals surface area contributed by atoms with Crippen LogP contribution in [0, 0.1) is 0 Å². The Kier molecular flexibility index (Phi) is 22.3. The summed E-state index contributed by atoms with van der Waals surface area (Å²) in [6.45, 7) is 0. The van der Waals surface area contributed by atoms with Gasteiger partial charge in [-0.2, -0.15) is 0 Å². The minimum atomic E-state index is -1.31. The van der Waals surface area contributed by atoms with Crippen LogP contribution in [0.1, 0.15) is 66.8 Å². The molecule has 0 saturated carbocycles. The second kappa shape index (κ2) is 34.5. The van der Waals surface area contributed by atoms with Crippen molar-refractivity contribution in [3.8, 4) is 137 Å². The van der Waals surface area contributed by atoms with E-state index in [0.29, 0.717) is 139 Å². The second-order valence-corrected chi connectivity index (χ2v) is 38.7. The van der Waals surface area contributed by atoms with Crippen molar-refractivity contribution in [1.82, 2.24) is 59.8 Å². The topological polar surface area (TPSA) is 257 Å². The van der Waals surface area contributed by atoms with E-state index >= 15 is 0 Å². The minimum Gasteiger partial charge on any atom is -0.259 e. The van der Waals surface area contributed by atoms with E-state index in [1.165, 1.54) is 0 Å². The van der Waals surface area contributed by atoms with Crippen LogP contribution >= 0.6 is 0 Å². The van der Waals surface area contributed by atoms with E-state index in [9.17, 15) is 25.3 Å². The zero-order chi connectivity index (χ0) is 81.2. The van der Waals surface area contributed by atoms with Crippen LogP contribution in [0.15, 0.2) is 291 Å². The summed E-state index contributed by atoms with van der Waals surface area (Å²) in [4.78, 5) is 60.9. The van der Waals surface area contributed by atoms with Crippen LogP contribution in [0.5, 0.6) is 0 Å². The summed E-state index contributed by atoms with van der Waals surface area (Å²) in [5, 5.41) is 0. The van der Waals surface area contributed by atoms with Crippen molar-refractivity contribution < 1.29 is 25.3 Å². The van der Waals surface area contributed by atoms with Gasteiger partial charge in [0.15, 0.2) is 69.9 Å². The molecule has 0 spiro atoms. The second-order valence-electron chi connectivity index (χ2n) is 30.0. The molecule has 0 N–H and O–H groups in total. The number of benzene rings is 12. The molecule has 56 rings (SSSR count). The molecule has 44 heterocycles. The third-order valence-corrected chi connectivity index (χ3v) is 28.9. The summed E-state index contributed by atoms with van der Waals surface area (Å²) < 4.78 is 84.9. The lowest BCUT2D eigenvalue weighted by molar-refractivity contribution is 0.681. The lowest BCUT2D eigenvalue weighted by atomic mass is 10.1. The molecule has 4 aromatic heterocycles. The van der Waals surface area contributed by atoms with Gasteiger partial charge in [0, 0.05) is 201 Å². The molecule has 0 radical (unpaired) electrons. The van der Waals surface area contributed by atoms with Crippen molar-refractivity contribution in [3.63, 3.8) is 0 Å². The molecule has 0 fully saturated rings. The predicted molar refractivity (Wildman–Crippen MR) is 478 cm³/mol. The SMILES string of the molecule is O=S1Cc2ccc(cc2)-c2nc3nc(n2)-c2ccc(cc2)CS(=O)Cc2ccc(cc2)-c2nc4nc(n2)-c2ccc(cc2)CS(=O)Cc2ccc(cc2)-c2nc(nc(n2)-c2ccc(cc2)CS(=O)Cc2ccc(cc2)-c2nc(nc(n2)-c2ccc(cc2)CS(=O)Cc2ccc-4cc2)-c2ccc(cc2)C1)-c1ccc(cc1)CS(=O)Cc1ccc-3cc1. The first-order valence-electron chi connectivity index (χ1n) is 38.9. The molecule has 120 heavy (non-hydrogen) atoms. The first-order chi connectivity index (χ1) is 58.7. The summed E-state index contributed by atoms with van der Waals surface area (Å²) >= 11 is 0. The molecule has 36 bridgehead atoms. The first kappa shape index (κ1) is 77.5. The highest BCUT2D eigenvalue weighted by molar-refractivity contribution is 7.84. The van der Waals surface area contributed by atoms with Crippen LogP contribution in [-0.2, 0) is 134 Å². The summed E-state index contributed by atoms with van der Waals surface area (Å²) in [6, 6.07) is 93.5. The van der Waals surface area contributed by atoms with Crippen molar-refractivity contribution in [2.24, 2.45) is 0 Å². The lowest BCUT2D eigenvalue weighted by Crippen LogP contribution is -2.03. The van der Waals surface area contributed by atoms with Gasteiger partial charge in [0.25, 0.3) is 0 Å². The van der Waals surface area contributed by atoms with E-state index in [-0.39, 0.29) is 0 Å². The molecule has 588 valence electrons. The average molecular weight is 1680 g/mol. The number of rotatable bonds is 0. The van der Waals surface area contributed by atoms with Gasteiger partial charge in [0.05, 0.1) is 0 Å². The number of aromatic nitrogens is 12. The fourth-order valence-corrected chi connectivity index (χ4v) is 22.0. The first-order valence-corrected chi connectivity index (χ1v) is 47.9. The van der Waals surface area contributed by atoms with Gasteiger partial charge in [0.2, 0.25) is 0 Å². The summed E-state index contributed by atoms with van der Waals surface area (Å²) in [6.07, 6.45) is 0. The van der Waals surface area contributed by atoms with Crippen LogP contribution in [0.25, 0.3) is 137 Å². The van der Waals surface area contributed by atoms with Crippen molar-refractivity contribution in [2.75, 3.05) is 0 Å². The zero-order valence-electron chi connectivity index (χ0n) is 64.5. The van der Waals surface area contributed by atoms with Gasteiger partial charge < -0.3 is 0 Å². The number of nitrogens with zero attached hydrogens (tertiary/aromatic N) is 12. The Hall–Kier alpha value is -12.4. The molecule has 12 aromatic carbocycles. The quantitative estimate of drug-likeness (QED) is 0.137. The Labute approximate surface area is 708 Å². The summed E-state index contributed by atoms with van der Waals surface area (Å²) in [5.74, 6) is 8.66. The van der Waals surface area contributed by atoms with Gasteiger partial charge in [0.1, 0.15) is 0 Å². The Morgan fingerprint density at radius 3 is 0.250 bits per heavy atom. The molecule has 0 unspecified atom stereocenters. The smallest absolute Gasteiger partial charge is 0.164 e. The Balaban J connectivity index is 0.740.